The molecule has 0 radical (unpaired) electrons. The normalized spacial score (nSPS) is 13.8. The molecule has 0 spiro atoms. The van der Waals surface area contributed by atoms with Gasteiger partial charge >= 0.3 is 0 Å². The first-order chi connectivity index (χ1) is 29.8. The third-order valence-corrected chi connectivity index (χ3v) is 12.4. The van der Waals surface area contributed by atoms with Crippen molar-refractivity contribution in [2.24, 2.45) is 0 Å². The fourth-order valence-corrected chi connectivity index (χ4v) is 10.0. The Hall–Kier alpha value is -7.97. The van der Waals surface area contributed by atoms with E-state index >= 15 is 0 Å². The van der Waals surface area contributed by atoms with Crippen molar-refractivity contribution in [3.8, 4) is 0 Å². The number of rotatable bonds is 4. The first kappa shape index (κ1) is 33.0. The maximum atomic E-state index is 5.92. The van der Waals surface area contributed by atoms with Crippen molar-refractivity contribution < 1.29 is 0 Å². The SMILES string of the molecule is c1ccc(N2c3cccc4c3B(c3cccnc32)c2cc3c(nc2N4c2ccccc2)N(c2ccccc2)c2ncnc4c2B3c2ccccc2N4c2ccccc2)cc1. The molecule has 0 aliphatic carbocycles. The number of nitrogens with zero attached hydrogens (tertiary/aromatic N) is 8. The van der Waals surface area contributed by atoms with Crippen molar-refractivity contribution in [1.82, 2.24) is 19.9 Å². The Labute approximate surface area is 347 Å². The lowest BCUT2D eigenvalue weighted by Gasteiger charge is -2.45. The number of para-hydroxylation sites is 5. The largest absolute Gasteiger partial charge is 0.296 e. The average molecular weight is 766 g/mol. The summed E-state index contributed by atoms with van der Waals surface area (Å²) in [5.41, 5.74) is 14.2. The standard InChI is InChI=1S/C50H32B2N8/c1-5-17-33(18-6-1)57-41-27-14-13-25-37(41)51-40-31-39-47(56-48(40)60(36-23-11-4-12-24-36)50-45(51)49(57)54-32-55-50)59(35-21-9-3-10-22-35)43-29-15-28-42-44(43)52(39)38-26-16-30-53-46(38)58(42)34-19-7-2-8-20-34/h1-32H. The number of hydrogen-bond donors (Lipinski definition) is 0. The highest BCUT2D eigenvalue weighted by molar-refractivity contribution is 7.02. The fraction of sp³-hybridized carbons (Fsp3) is 0. The Morgan fingerprint density at radius 2 is 0.767 bits per heavy atom. The highest BCUT2D eigenvalue weighted by Crippen LogP contribution is 2.45. The van der Waals surface area contributed by atoms with Crippen molar-refractivity contribution in [3.05, 3.63) is 195 Å². The van der Waals surface area contributed by atoms with Gasteiger partial charge in [-0.15, -0.1) is 0 Å². The molecular formula is C50H32B2N8. The quantitative estimate of drug-likeness (QED) is 0.172. The Bertz CT molecular complexity index is 2940. The molecule has 13 rings (SSSR count). The van der Waals surface area contributed by atoms with Crippen LogP contribution in [-0.4, -0.2) is 33.4 Å². The van der Waals surface area contributed by atoms with E-state index in [1.807, 2.05) is 6.20 Å². The van der Waals surface area contributed by atoms with Crippen molar-refractivity contribution in [2.45, 2.75) is 0 Å². The molecule has 0 amide bonds. The molecule has 4 aliphatic heterocycles. The number of hydrogen-bond acceptors (Lipinski definition) is 8. The molecule has 0 fully saturated rings. The summed E-state index contributed by atoms with van der Waals surface area (Å²) in [7, 11) is 0. The Morgan fingerprint density at radius 3 is 1.38 bits per heavy atom. The minimum Gasteiger partial charge on any atom is -0.296 e. The monoisotopic (exact) mass is 766 g/mol. The third kappa shape index (κ3) is 4.58. The minimum absolute atomic E-state index is 0.148. The van der Waals surface area contributed by atoms with Crippen LogP contribution >= 0.6 is 0 Å². The lowest BCUT2D eigenvalue weighted by molar-refractivity contribution is 1.07. The van der Waals surface area contributed by atoms with Crippen LogP contribution in [0.25, 0.3) is 0 Å². The highest BCUT2D eigenvalue weighted by Gasteiger charge is 2.49. The predicted octanol–water partition coefficient (Wildman–Crippen LogP) is 7.43. The molecule has 7 heterocycles. The van der Waals surface area contributed by atoms with Crippen LogP contribution in [-0.2, 0) is 0 Å². The molecule has 0 atom stereocenters. The number of pyridine rings is 2. The van der Waals surface area contributed by atoms with Crippen LogP contribution in [0.1, 0.15) is 0 Å². The second kappa shape index (κ2) is 12.8. The van der Waals surface area contributed by atoms with Crippen molar-refractivity contribution in [2.75, 3.05) is 19.6 Å². The molecule has 0 N–H and O–H groups in total. The van der Waals surface area contributed by atoms with Crippen molar-refractivity contribution >= 4 is 115 Å². The lowest BCUT2D eigenvalue weighted by Crippen LogP contribution is -2.66. The van der Waals surface area contributed by atoms with E-state index in [1.165, 1.54) is 10.9 Å². The summed E-state index contributed by atoms with van der Waals surface area (Å²) >= 11 is 0. The van der Waals surface area contributed by atoms with E-state index in [9.17, 15) is 0 Å². The van der Waals surface area contributed by atoms with Crippen molar-refractivity contribution in [3.63, 3.8) is 0 Å². The van der Waals surface area contributed by atoms with Gasteiger partial charge in [-0.1, -0.05) is 109 Å². The zero-order valence-corrected chi connectivity index (χ0v) is 32.2. The molecule has 60 heavy (non-hydrogen) atoms. The van der Waals surface area contributed by atoms with Gasteiger partial charge in [-0.05, 0) is 100 Å². The number of aromatic nitrogens is 4. The summed E-state index contributed by atoms with van der Waals surface area (Å²) in [4.78, 5) is 30.5. The first-order valence-corrected chi connectivity index (χ1v) is 20.3. The van der Waals surface area contributed by atoms with E-state index in [0.29, 0.717) is 0 Å². The van der Waals surface area contributed by atoms with E-state index < -0.39 is 0 Å². The van der Waals surface area contributed by atoms with Gasteiger partial charge in [0.2, 0.25) is 0 Å². The van der Waals surface area contributed by atoms with Gasteiger partial charge in [-0.25, -0.2) is 19.9 Å². The fourth-order valence-electron chi connectivity index (χ4n) is 10.0. The van der Waals surface area contributed by atoms with Gasteiger partial charge in [0.1, 0.15) is 35.4 Å². The lowest BCUT2D eigenvalue weighted by atomic mass is 9.31. The zero-order chi connectivity index (χ0) is 39.3. The molecule has 10 heteroatoms. The van der Waals surface area contributed by atoms with Gasteiger partial charge in [0.05, 0.1) is 0 Å². The van der Waals surface area contributed by atoms with E-state index in [2.05, 4.69) is 202 Å². The average Bonchev–Trinajstić information content (AvgIpc) is 3.32. The second-order valence-electron chi connectivity index (χ2n) is 15.5. The second-order valence-corrected chi connectivity index (χ2v) is 15.5. The Morgan fingerprint density at radius 1 is 0.317 bits per heavy atom. The summed E-state index contributed by atoms with van der Waals surface area (Å²) in [6, 6.07) is 64.4. The van der Waals surface area contributed by atoms with Crippen LogP contribution in [0, 0.1) is 0 Å². The molecule has 0 saturated heterocycles. The maximum Gasteiger partial charge on any atom is 0.258 e. The number of anilines is 12. The van der Waals surface area contributed by atoms with E-state index in [1.54, 1.807) is 6.33 Å². The molecule has 0 unspecified atom stereocenters. The van der Waals surface area contributed by atoms with E-state index in [-0.39, 0.29) is 13.4 Å². The van der Waals surface area contributed by atoms with Crippen LogP contribution in [0.5, 0.6) is 0 Å². The van der Waals surface area contributed by atoms with Gasteiger partial charge in [0.25, 0.3) is 13.4 Å². The van der Waals surface area contributed by atoms with Crippen LogP contribution < -0.4 is 52.4 Å². The molecule has 0 saturated carbocycles. The third-order valence-electron chi connectivity index (χ3n) is 12.4. The molecular weight excluding hydrogens is 734 g/mol. The molecule has 8 nitrogen and oxygen atoms in total. The number of benzene rings is 6. The molecule has 6 aromatic carbocycles. The van der Waals surface area contributed by atoms with Crippen LogP contribution in [0.4, 0.5) is 68.9 Å². The predicted molar refractivity (Wildman–Crippen MR) is 246 cm³/mol. The maximum absolute atomic E-state index is 5.92. The summed E-state index contributed by atoms with van der Waals surface area (Å²) < 4.78 is 0. The van der Waals surface area contributed by atoms with Crippen molar-refractivity contribution in [1.29, 1.82) is 0 Å². The van der Waals surface area contributed by atoms with Gasteiger partial charge < -0.3 is 0 Å². The summed E-state index contributed by atoms with van der Waals surface area (Å²) in [6.45, 7) is -0.343. The Balaban J connectivity index is 1.14. The van der Waals surface area contributed by atoms with Gasteiger partial charge in [-0.3, -0.25) is 19.6 Å². The highest BCUT2D eigenvalue weighted by atomic mass is 15.3. The molecule has 278 valence electrons. The zero-order valence-electron chi connectivity index (χ0n) is 32.2. The van der Waals surface area contributed by atoms with Crippen LogP contribution in [0.15, 0.2) is 195 Å². The summed E-state index contributed by atoms with van der Waals surface area (Å²) in [6.07, 6.45) is 3.61. The summed E-state index contributed by atoms with van der Waals surface area (Å²) in [5.74, 6) is 4.33. The molecule has 3 aromatic heterocycles. The van der Waals surface area contributed by atoms with Gasteiger partial charge in [0, 0.05) is 51.5 Å². The molecule has 9 aromatic rings. The van der Waals surface area contributed by atoms with E-state index in [4.69, 9.17) is 19.9 Å². The van der Waals surface area contributed by atoms with Gasteiger partial charge in [0.15, 0.2) is 0 Å². The van der Waals surface area contributed by atoms with Crippen LogP contribution in [0.3, 0.4) is 0 Å². The summed E-state index contributed by atoms with van der Waals surface area (Å²) in [5, 5.41) is 0. The Kier molecular flexibility index (Phi) is 7.03. The number of fused-ring (bicyclic) bond motifs is 8. The van der Waals surface area contributed by atoms with Crippen LogP contribution in [0.2, 0.25) is 0 Å². The minimum atomic E-state index is -0.195. The first-order valence-electron chi connectivity index (χ1n) is 20.3. The molecule has 0 bridgehead atoms. The smallest absolute Gasteiger partial charge is 0.258 e. The van der Waals surface area contributed by atoms with Gasteiger partial charge in [-0.2, -0.15) is 0 Å². The topological polar surface area (TPSA) is 64.5 Å². The molecule has 4 aliphatic rings. The van der Waals surface area contributed by atoms with E-state index in [0.717, 1.165) is 90.8 Å².